The molecule has 4 N–H and O–H groups in total. The van der Waals surface area contributed by atoms with Gasteiger partial charge in [0, 0.05) is 5.92 Å². The molecule has 4 heteroatoms. The topological polar surface area (TPSA) is 80.9 Å². The van der Waals surface area contributed by atoms with Gasteiger partial charge < -0.3 is 20.4 Å². The fraction of sp³-hybridized carbons (Fsp3) is 0.250. The molecule has 1 aliphatic carbocycles. The molecule has 0 heterocycles. The maximum Gasteiger partial charge on any atom is 0.157 e. The van der Waals surface area contributed by atoms with Crippen molar-refractivity contribution in [2.45, 2.75) is 25.2 Å². The molecule has 2 aromatic carbocycles. The molecule has 104 valence electrons. The van der Waals surface area contributed by atoms with E-state index in [0.717, 1.165) is 23.1 Å². The Labute approximate surface area is 116 Å². The first-order valence-corrected chi connectivity index (χ1v) is 6.55. The van der Waals surface area contributed by atoms with Gasteiger partial charge in [0.2, 0.25) is 0 Å². The van der Waals surface area contributed by atoms with Crippen LogP contribution in [-0.4, -0.2) is 20.4 Å². The van der Waals surface area contributed by atoms with Crippen molar-refractivity contribution in [2.24, 2.45) is 0 Å². The number of hydrogen-bond acceptors (Lipinski definition) is 4. The van der Waals surface area contributed by atoms with Crippen molar-refractivity contribution in [3.63, 3.8) is 0 Å². The minimum Gasteiger partial charge on any atom is -0.504 e. The van der Waals surface area contributed by atoms with Crippen LogP contribution in [0.4, 0.5) is 0 Å². The summed E-state index contributed by atoms with van der Waals surface area (Å²) in [6, 6.07) is 7.98. The Balaban J connectivity index is 2.10. The third-order valence-corrected chi connectivity index (χ3v) is 4.08. The number of fused-ring (bicyclic) bond motifs is 1. The quantitative estimate of drug-likeness (QED) is 0.601. The van der Waals surface area contributed by atoms with Gasteiger partial charge in [0.05, 0.1) is 0 Å². The van der Waals surface area contributed by atoms with Crippen molar-refractivity contribution < 1.29 is 20.4 Å². The highest BCUT2D eigenvalue weighted by atomic mass is 16.3. The molecule has 0 radical (unpaired) electrons. The fourth-order valence-corrected chi connectivity index (χ4v) is 3.02. The number of benzene rings is 2. The SMILES string of the molecule is C[C@H]1C[C@H](c2ccc(O)c(O)c2)c2cc(O)c(O)cc21. The van der Waals surface area contributed by atoms with E-state index in [2.05, 4.69) is 6.92 Å². The van der Waals surface area contributed by atoms with Gasteiger partial charge in [0.25, 0.3) is 0 Å². The second-order valence-corrected chi connectivity index (χ2v) is 5.41. The molecule has 2 aromatic rings. The Hall–Kier alpha value is -2.36. The van der Waals surface area contributed by atoms with E-state index in [1.807, 2.05) is 0 Å². The van der Waals surface area contributed by atoms with Crippen molar-refractivity contribution in [1.29, 1.82) is 0 Å². The van der Waals surface area contributed by atoms with Crippen LogP contribution in [0.2, 0.25) is 0 Å². The van der Waals surface area contributed by atoms with Crippen molar-refractivity contribution in [3.05, 3.63) is 47.0 Å². The number of phenols is 4. The van der Waals surface area contributed by atoms with Gasteiger partial charge >= 0.3 is 0 Å². The summed E-state index contributed by atoms with van der Waals surface area (Å²) in [6.45, 7) is 2.07. The monoisotopic (exact) mass is 272 g/mol. The maximum atomic E-state index is 9.69. The Bertz CT molecular complexity index is 678. The van der Waals surface area contributed by atoms with Crippen LogP contribution in [0.15, 0.2) is 30.3 Å². The third kappa shape index (κ3) is 1.84. The molecular weight excluding hydrogens is 256 g/mol. The highest BCUT2D eigenvalue weighted by molar-refractivity contribution is 5.54. The van der Waals surface area contributed by atoms with Crippen LogP contribution in [-0.2, 0) is 0 Å². The second kappa shape index (κ2) is 4.34. The number of aromatic hydroxyl groups is 4. The van der Waals surface area contributed by atoms with Gasteiger partial charge in [-0.05, 0) is 53.3 Å². The molecule has 0 spiro atoms. The van der Waals surface area contributed by atoms with Crippen molar-refractivity contribution in [3.8, 4) is 23.0 Å². The van der Waals surface area contributed by atoms with Crippen LogP contribution in [0.3, 0.4) is 0 Å². The van der Waals surface area contributed by atoms with Crippen molar-refractivity contribution in [2.75, 3.05) is 0 Å². The molecule has 20 heavy (non-hydrogen) atoms. The third-order valence-electron chi connectivity index (χ3n) is 4.08. The van der Waals surface area contributed by atoms with Gasteiger partial charge in [-0.1, -0.05) is 13.0 Å². The van der Waals surface area contributed by atoms with Crippen LogP contribution in [0.25, 0.3) is 0 Å². The van der Waals surface area contributed by atoms with Crippen molar-refractivity contribution in [1.82, 2.24) is 0 Å². The normalized spacial score (nSPS) is 20.9. The first-order chi connectivity index (χ1) is 9.47. The lowest BCUT2D eigenvalue weighted by atomic mass is 9.92. The van der Waals surface area contributed by atoms with Crippen LogP contribution in [0.1, 0.15) is 41.9 Å². The van der Waals surface area contributed by atoms with E-state index in [4.69, 9.17) is 0 Å². The van der Waals surface area contributed by atoms with Crippen LogP contribution in [0, 0.1) is 0 Å². The lowest BCUT2D eigenvalue weighted by molar-refractivity contribution is 0.402. The zero-order valence-electron chi connectivity index (χ0n) is 11.0. The minimum absolute atomic E-state index is 0.0398. The van der Waals surface area contributed by atoms with Crippen LogP contribution in [0.5, 0.6) is 23.0 Å². The molecule has 0 aliphatic heterocycles. The molecular formula is C16H16O4. The lowest BCUT2D eigenvalue weighted by Crippen LogP contribution is -1.96. The van der Waals surface area contributed by atoms with Gasteiger partial charge in [-0.2, -0.15) is 0 Å². The molecule has 0 bridgehead atoms. The van der Waals surface area contributed by atoms with Gasteiger partial charge in [-0.15, -0.1) is 0 Å². The Morgan fingerprint density at radius 1 is 0.800 bits per heavy atom. The first-order valence-electron chi connectivity index (χ1n) is 6.55. The summed E-state index contributed by atoms with van der Waals surface area (Å²) < 4.78 is 0. The summed E-state index contributed by atoms with van der Waals surface area (Å²) in [4.78, 5) is 0. The predicted molar refractivity (Wildman–Crippen MR) is 74.4 cm³/mol. The summed E-state index contributed by atoms with van der Waals surface area (Å²) in [7, 11) is 0. The van der Waals surface area contributed by atoms with Gasteiger partial charge in [0.1, 0.15) is 0 Å². The van der Waals surface area contributed by atoms with E-state index in [9.17, 15) is 20.4 Å². The first kappa shape index (κ1) is 12.7. The minimum atomic E-state index is -0.147. The summed E-state index contributed by atoms with van der Waals surface area (Å²) in [5.41, 5.74) is 2.85. The molecule has 0 amide bonds. The number of hydrogen-bond donors (Lipinski definition) is 4. The molecule has 2 atom stereocenters. The fourth-order valence-electron chi connectivity index (χ4n) is 3.02. The maximum absolute atomic E-state index is 9.69. The molecule has 1 aliphatic rings. The highest BCUT2D eigenvalue weighted by Gasteiger charge is 2.31. The van der Waals surface area contributed by atoms with Gasteiger partial charge in [-0.3, -0.25) is 0 Å². The molecule has 0 fully saturated rings. The van der Waals surface area contributed by atoms with E-state index in [1.165, 1.54) is 6.07 Å². The molecule has 0 saturated carbocycles. The largest absolute Gasteiger partial charge is 0.504 e. The van der Waals surface area contributed by atoms with E-state index in [0.29, 0.717) is 0 Å². The average molecular weight is 272 g/mol. The van der Waals surface area contributed by atoms with Crippen LogP contribution >= 0.6 is 0 Å². The Morgan fingerprint density at radius 3 is 2.05 bits per heavy atom. The summed E-state index contributed by atoms with van der Waals surface area (Å²) in [6.07, 6.45) is 0.836. The lowest BCUT2D eigenvalue weighted by Gasteiger charge is -2.13. The predicted octanol–water partition coefficient (Wildman–Crippen LogP) is 3.15. The van der Waals surface area contributed by atoms with Crippen LogP contribution < -0.4 is 0 Å². The second-order valence-electron chi connectivity index (χ2n) is 5.41. The van der Waals surface area contributed by atoms with Gasteiger partial charge in [-0.25, -0.2) is 0 Å². The van der Waals surface area contributed by atoms with E-state index < -0.39 is 0 Å². The molecule has 0 unspecified atom stereocenters. The number of phenolic OH excluding ortho intramolecular Hbond substituents is 4. The summed E-state index contributed by atoms with van der Waals surface area (Å²) >= 11 is 0. The Kier molecular flexibility index (Phi) is 2.74. The van der Waals surface area contributed by atoms with E-state index in [1.54, 1.807) is 24.3 Å². The standard InChI is InChI=1S/C16H16O4/c1-8-4-11(9-2-3-13(17)14(18)5-9)12-7-16(20)15(19)6-10(8)12/h2-3,5-8,11,17-20H,4H2,1H3/t8-,11+/m0/s1. The van der Waals surface area contributed by atoms with E-state index >= 15 is 0 Å². The summed E-state index contributed by atoms with van der Waals surface area (Å²) in [5, 5.41) is 38.3. The number of rotatable bonds is 1. The average Bonchev–Trinajstić information content (AvgIpc) is 2.71. The summed E-state index contributed by atoms with van der Waals surface area (Å²) in [5.74, 6) is -0.230. The molecule has 0 aromatic heterocycles. The smallest absolute Gasteiger partial charge is 0.157 e. The van der Waals surface area contributed by atoms with Crippen molar-refractivity contribution >= 4 is 0 Å². The molecule has 4 nitrogen and oxygen atoms in total. The molecule has 0 saturated heterocycles. The Morgan fingerprint density at radius 2 is 1.40 bits per heavy atom. The zero-order chi connectivity index (χ0) is 14.4. The molecule has 3 rings (SSSR count). The highest BCUT2D eigenvalue weighted by Crippen LogP contribution is 2.49. The van der Waals surface area contributed by atoms with Gasteiger partial charge in [0.15, 0.2) is 23.0 Å². The van der Waals surface area contributed by atoms with E-state index in [-0.39, 0.29) is 34.8 Å². The zero-order valence-corrected chi connectivity index (χ0v) is 11.0.